The molecule has 0 aliphatic heterocycles. The van der Waals surface area contributed by atoms with Crippen LogP contribution < -0.4 is 5.32 Å². The van der Waals surface area contributed by atoms with E-state index in [-0.39, 0.29) is 5.69 Å². The second kappa shape index (κ2) is 5.55. The van der Waals surface area contributed by atoms with Gasteiger partial charge in [-0.3, -0.25) is 9.20 Å². The smallest absolute Gasteiger partial charge is 0.274 e. The van der Waals surface area contributed by atoms with Crippen LogP contribution >= 0.6 is 0 Å². The Morgan fingerprint density at radius 1 is 1.23 bits per heavy atom. The third kappa shape index (κ3) is 2.43. The molecule has 0 saturated heterocycles. The van der Waals surface area contributed by atoms with Crippen LogP contribution in [0.2, 0.25) is 0 Å². The summed E-state index contributed by atoms with van der Waals surface area (Å²) in [5.74, 6) is -2.38. The van der Waals surface area contributed by atoms with Crippen molar-refractivity contribution in [2.24, 2.45) is 0 Å². The maximum atomic E-state index is 13.2. The highest BCUT2D eigenvalue weighted by Crippen LogP contribution is 2.17. The number of imidazole rings is 1. The van der Waals surface area contributed by atoms with Crippen molar-refractivity contribution >= 4 is 17.2 Å². The first-order valence-corrected chi connectivity index (χ1v) is 6.82. The fourth-order valence-corrected chi connectivity index (χ4v) is 2.30. The summed E-state index contributed by atoms with van der Waals surface area (Å²) in [6.07, 6.45) is 2.32. The van der Waals surface area contributed by atoms with Crippen molar-refractivity contribution in [3.8, 4) is 0 Å². The number of rotatable bonds is 3. The van der Waals surface area contributed by atoms with Crippen LogP contribution in [0.4, 0.5) is 14.5 Å². The third-order valence-corrected chi connectivity index (χ3v) is 3.33. The highest BCUT2D eigenvalue weighted by Gasteiger charge is 2.18. The first-order chi connectivity index (χ1) is 10.6. The van der Waals surface area contributed by atoms with Gasteiger partial charge in [0, 0.05) is 18.0 Å². The highest BCUT2D eigenvalue weighted by atomic mass is 19.2. The third-order valence-electron chi connectivity index (χ3n) is 3.33. The van der Waals surface area contributed by atoms with Crippen LogP contribution in [0.1, 0.15) is 23.1 Å². The molecule has 1 N–H and O–H groups in total. The topological polar surface area (TPSA) is 46.4 Å². The zero-order valence-corrected chi connectivity index (χ0v) is 11.8. The van der Waals surface area contributed by atoms with Crippen molar-refractivity contribution in [2.75, 3.05) is 5.32 Å². The van der Waals surface area contributed by atoms with Gasteiger partial charge in [0.05, 0.1) is 5.69 Å². The van der Waals surface area contributed by atoms with Gasteiger partial charge >= 0.3 is 0 Å². The molecule has 3 aromatic rings. The number of hydrogen-bond acceptors (Lipinski definition) is 2. The lowest BCUT2D eigenvalue weighted by molar-refractivity contribution is 0.102. The predicted molar refractivity (Wildman–Crippen MR) is 78.9 cm³/mol. The predicted octanol–water partition coefficient (Wildman–Crippen LogP) is 3.43. The molecule has 112 valence electrons. The SMILES string of the molecule is CCc1nc2ccccn2c1C(=O)Nc1ccc(F)c(F)c1. The van der Waals surface area contributed by atoms with Gasteiger partial charge in [0.2, 0.25) is 0 Å². The van der Waals surface area contributed by atoms with Crippen LogP contribution in [0.15, 0.2) is 42.6 Å². The van der Waals surface area contributed by atoms with Crippen LogP contribution in [0.25, 0.3) is 5.65 Å². The lowest BCUT2D eigenvalue weighted by Crippen LogP contribution is -2.16. The molecule has 4 nitrogen and oxygen atoms in total. The van der Waals surface area contributed by atoms with Gasteiger partial charge in [0.25, 0.3) is 5.91 Å². The Morgan fingerprint density at radius 2 is 2.05 bits per heavy atom. The molecular formula is C16H13F2N3O. The lowest BCUT2D eigenvalue weighted by Gasteiger charge is -2.07. The van der Waals surface area contributed by atoms with Crippen LogP contribution in [0.5, 0.6) is 0 Å². The zero-order chi connectivity index (χ0) is 15.7. The van der Waals surface area contributed by atoms with E-state index in [0.29, 0.717) is 23.5 Å². The number of fused-ring (bicyclic) bond motifs is 1. The summed E-state index contributed by atoms with van der Waals surface area (Å²) in [6.45, 7) is 1.90. The van der Waals surface area contributed by atoms with Crippen LogP contribution in [-0.2, 0) is 6.42 Å². The van der Waals surface area contributed by atoms with E-state index in [1.165, 1.54) is 6.07 Å². The number of aryl methyl sites for hydroxylation is 1. The molecule has 0 aliphatic rings. The second-order valence-corrected chi connectivity index (χ2v) is 4.77. The van der Waals surface area contributed by atoms with Crippen LogP contribution in [0, 0.1) is 11.6 Å². The molecule has 3 rings (SSSR count). The number of nitrogens with one attached hydrogen (secondary N) is 1. The fourth-order valence-electron chi connectivity index (χ4n) is 2.30. The number of amides is 1. The summed E-state index contributed by atoms with van der Waals surface area (Å²) in [5, 5.41) is 2.57. The molecule has 1 aromatic carbocycles. The summed E-state index contributed by atoms with van der Waals surface area (Å²) < 4.78 is 27.8. The van der Waals surface area contributed by atoms with Crippen molar-refractivity contribution in [2.45, 2.75) is 13.3 Å². The fraction of sp³-hybridized carbons (Fsp3) is 0.125. The van der Waals surface area contributed by atoms with Crippen molar-refractivity contribution < 1.29 is 13.6 Å². The van der Waals surface area contributed by atoms with Gasteiger partial charge in [-0.05, 0) is 30.7 Å². The van der Waals surface area contributed by atoms with Crippen molar-refractivity contribution in [3.05, 3.63) is 65.6 Å². The number of pyridine rings is 1. The molecule has 0 radical (unpaired) electrons. The Balaban J connectivity index is 1.99. The Hall–Kier alpha value is -2.76. The molecule has 0 spiro atoms. The Labute approximate surface area is 125 Å². The molecule has 0 saturated carbocycles. The molecule has 0 unspecified atom stereocenters. The number of hydrogen-bond donors (Lipinski definition) is 1. The Kier molecular flexibility index (Phi) is 3.58. The van der Waals surface area contributed by atoms with Crippen molar-refractivity contribution in [1.29, 1.82) is 0 Å². The number of benzene rings is 1. The van der Waals surface area contributed by atoms with E-state index < -0.39 is 17.5 Å². The van der Waals surface area contributed by atoms with Crippen molar-refractivity contribution in [3.63, 3.8) is 0 Å². The average molecular weight is 301 g/mol. The molecule has 2 heterocycles. The van der Waals surface area contributed by atoms with E-state index in [1.54, 1.807) is 22.7 Å². The Bertz CT molecular complexity index is 858. The Morgan fingerprint density at radius 3 is 2.77 bits per heavy atom. The van der Waals surface area contributed by atoms with Gasteiger partial charge in [-0.2, -0.15) is 0 Å². The monoisotopic (exact) mass is 301 g/mol. The number of halogens is 2. The van der Waals surface area contributed by atoms with Crippen LogP contribution in [-0.4, -0.2) is 15.3 Å². The maximum absolute atomic E-state index is 13.2. The largest absolute Gasteiger partial charge is 0.321 e. The lowest BCUT2D eigenvalue weighted by atomic mass is 10.2. The van der Waals surface area contributed by atoms with Gasteiger partial charge in [0.15, 0.2) is 11.6 Å². The van der Waals surface area contributed by atoms with E-state index >= 15 is 0 Å². The van der Waals surface area contributed by atoms with Crippen molar-refractivity contribution in [1.82, 2.24) is 9.38 Å². The molecule has 0 atom stereocenters. The molecule has 22 heavy (non-hydrogen) atoms. The van der Waals surface area contributed by atoms with Gasteiger partial charge in [-0.25, -0.2) is 13.8 Å². The first-order valence-electron chi connectivity index (χ1n) is 6.82. The summed E-state index contributed by atoms with van der Waals surface area (Å²) in [6, 6.07) is 8.65. The van der Waals surface area contributed by atoms with E-state index in [1.807, 2.05) is 13.0 Å². The molecular weight excluding hydrogens is 288 g/mol. The van der Waals surface area contributed by atoms with E-state index in [0.717, 1.165) is 12.1 Å². The standard InChI is InChI=1S/C16H13F2N3O/c1-2-13-15(21-8-4-3-5-14(21)20-13)16(22)19-10-6-7-11(17)12(18)9-10/h3-9H,2H2,1H3,(H,19,22). The second-order valence-electron chi connectivity index (χ2n) is 4.77. The number of aromatic nitrogens is 2. The minimum absolute atomic E-state index is 0.192. The summed E-state index contributed by atoms with van der Waals surface area (Å²) in [7, 11) is 0. The molecule has 0 aliphatic carbocycles. The zero-order valence-electron chi connectivity index (χ0n) is 11.8. The summed E-state index contributed by atoms with van der Waals surface area (Å²) in [4.78, 5) is 16.9. The first kappa shape index (κ1) is 14.2. The molecule has 0 bridgehead atoms. The van der Waals surface area contributed by atoms with E-state index in [9.17, 15) is 13.6 Å². The van der Waals surface area contributed by atoms with Gasteiger partial charge in [-0.15, -0.1) is 0 Å². The molecule has 6 heteroatoms. The van der Waals surface area contributed by atoms with Gasteiger partial charge in [-0.1, -0.05) is 13.0 Å². The average Bonchev–Trinajstić information content (AvgIpc) is 2.89. The van der Waals surface area contributed by atoms with E-state index in [4.69, 9.17) is 0 Å². The minimum atomic E-state index is -1.01. The van der Waals surface area contributed by atoms with E-state index in [2.05, 4.69) is 10.3 Å². The normalized spacial score (nSPS) is 10.9. The molecule has 1 amide bonds. The van der Waals surface area contributed by atoms with Gasteiger partial charge < -0.3 is 5.32 Å². The van der Waals surface area contributed by atoms with Crippen LogP contribution in [0.3, 0.4) is 0 Å². The summed E-state index contributed by atoms with van der Waals surface area (Å²) in [5.41, 5.74) is 1.89. The molecule has 2 aromatic heterocycles. The quantitative estimate of drug-likeness (QED) is 0.805. The number of carbonyl (C=O) groups is 1. The number of nitrogens with zero attached hydrogens (tertiary/aromatic N) is 2. The highest BCUT2D eigenvalue weighted by molar-refractivity contribution is 6.04. The maximum Gasteiger partial charge on any atom is 0.274 e. The summed E-state index contributed by atoms with van der Waals surface area (Å²) >= 11 is 0. The molecule has 0 fully saturated rings. The van der Waals surface area contributed by atoms with Gasteiger partial charge in [0.1, 0.15) is 11.3 Å². The number of anilines is 1. The number of carbonyl (C=O) groups excluding carboxylic acids is 1. The minimum Gasteiger partial charge on any atom is -0.321 e.